The lowest BCUT2D eigenvalue weighted by Gasteiger charge is -2.31. The SMILES string of the molecule is CCC1CC(NC2CCSC2)CCO1. The van der Waals surface area contributed by atoms with Crippen molar-refractivity contribution in [2.24, 2.45) is 0 Å². The van der Waals surface area contributed by atoms with Crippen molar-refractivity contribution >= 4 is 11.8 Å². The monoisotopic (exact) mass is 215 g/mol. The number of hydrogen-bond donors (Lipinski definition) is 1. The molecule has 0 bridgehead atoms. The van der Waals surface area contributed by atoms with Gasteiger partial charge >= 0.3 is 0 Å². The van der Waals surface area contributed by atoms with Gasteiger partial charge in [0.1, 0.15) is 0 Å². The largest absolute Gasteiger partial charge is 0.378 e. The Morgan fingerprint density at radius 1 is 1.36 bits per heavy atom. The maximum atomic E-state index is 5.68. The van der Waals surface area contributed by atoms with Gasteiger partial charge in [-0.2, -0.15) is 11.8 Å². The van der Waals surface area contributed by atoms with Crippen LogP contribution >= 0.6 is 11.8 Å². The number of hydrogen-bond acceptors (Lipinski definition) is 3. The Balaban J connectivity index is 1.73. The number of thioether (sulfide) groups is 1. The molecule has 2 rings (SSSR count). The molecule has 0 spiro atoms. The minimum Gasteiger partial charge on any atom is -0.378 e. The smallest absolute Gasteiger partial charge is 0.0587 e. The third-order valence-electron chi connectivity index (χ3n) is 3.22. The third kappa shape index (κ3) is 2.88. The third-order valence-corrected chi connectivity index (χ3v) is 4.39. The van der Waals surface area contributed by atoms with Crippen LogP contribution in [0.25, 0.3) is 0 Å². The van der Waals surface area contributed by atoms with Crippen LogP contribution < -0.4 is 5.32 Å². The highest BCUT2D eigenvalue weighted by atomic mass is 32.2. The molecule has 0 amide bonds. The van der Waals surface area contributed by atoms with E-state index in [1.54, 1.807) is 0 Å². The van der Waals surface area contributed by atoms with E-state index in [-0.39, 0.29) is 0 Å². The average Bonchev–Trinajstić information content (AvgIpc) is 2.71. The molecular formula is C11H21NOS. The highest BCUT2D eigenvalue weighted by Crippen LogP contribution is 2.21. The molecule has 1 N–H and O–H groups in total. The summed E-state index contributed by atoms with van der Waals surface area (Å²) in [6, 6.07) is 1.50. The second kappa shape index (κ2) is 5.38. The summed E-state index contributed by atoms with van der Waals surface area (Å²) < 4.78 is 5.68. The molecular weight excluding hydrogens is 194 g/mol. The molecule has 3 heteroatoms. The molecule has 3 atom stereocenters. The molecule has 2 aliphatic rings. The van der Waals surface area contributed by atoms with Crippen molar-refractivity contribution in [3.8, 4) is 0 Å². The van der Waals surface area contributed by atoms with Gasteiger partial charge in [-0.1, -0.05) is 6.92 Å². The van der Waals surface area contributed by atoms with Crippen molar-refractivity contribution in [3.05, 3.63) is 0 Å². The van der Waals surface area contributed by atoms with E-state index in [2.05, 4.69) is 24.0 Å². The molecule has 2 nitrogen and oxygen atoms in total. The Morgan fingerprint density at radius 3 is 3.00 bits per heavy atom. The van der Waals surface area contributed by atoms with E-state index in [0.717, 1.165) is 25.1 Å². The van der Waals surface area contributed by atoms with Gasteiger partial charge < -0.3 is 10.1 Å². The maximum absolute atomic E-state index is 5.68. The topological polar surface area (TPSA) is 21.3 Å². The quantitative estimate of drug-likeness (QED) is 0.778. The number of nitrogens with one attached hydrogen (secondary N) is 1. The van der Waals surface area contributed by atoms with Gasteiger partial charge in [0.15, 0.2) is 0 Å². The number of ether oxygens (including phenoxy) is 1. The zero-order valence-electron chi connectivity index (χ0n) is 9.00. The summed E-state index contributed by atoms with van der Waals surface area (Å²) >= 11 is 2.08. The summed E-state index contributed by atoms with van der Waals surface area (Å²) in [4.78, 5) is 0. The van der Waals surface area contributed by atoms with E-state index < -0.39 is 0 Å². The van der Waals surface area contributed by atoms with E-state index in [1.807, 2.05) is 0 Å². The van der Waals surface area contributed by atoms with E-state index >= 15 is 0 Å². The van der Waals surface area contributed by atoms with Crippen LogP contribution in [0.1, 0.15) is 32.6 Å². The molecule has 0 aromatic rings. The minimum atomic E-state index is 0.510. The molecule has 0 saturated carbocycles. The molecule has 2 aliphatic heterocycles. The molecule has 82 valence electrons. The van der Waals surface area contributed by atoms with Gasteiger partial charge in [0.05, 0.1) is 6.10 Å². The lowest BCUT2D eigenvalue weighted by Crippen LogP contribution is -2.44. The maximum Gasteiger partial charge on any atom is 0.0587 e. The van der Waals surface area contributed by atoms with Crippen LogP contribution in [0.5, 0.6) is 0 Å². The van der Waals surface area contributed by atoms with Crippen LogP contribution in [0.2, 0.25) is 0 Å². The predicted molar refractivity (Wildman–Crippen MR) is 61.9 cm³/mol. The van der Waals surface area contributed by atoms with Crippen molar-refractivity contribution < 1.29 is 4.74 Å². The lowest BCUT2D eigenvalue weighted by molar-refractivity contribution is -0.00145. The summed E-state index contributed by atoms with van der Waals surface area (Å²) in [5, 5.41) is 3.78. The Labute approximate surface area is 91.2 Å². The van der Waals surface area contributed by atoms with Gasteiger partial charge in [-0.3, -0.25) is 0 Å². The molecule has 0 aromatic carbocycles. The second-order valence-corrected chi connectivity index (χ2v) is 5.50. The Morgan fingerprint density at radius 2 is 2.29 bits per heavy atom. The molecule has 14 heavy (non-hydrogen) atoms. The highest BCUT2D eigenvalue weighted by Gasteiger charge is 2.24. The molecule has 0 aliphatic carbocycles. The van der Waals surface area contributed by atoms with Gasteiger partial charge in [0.2, 0.25) is 0 Å². The second-order valence-electron chi connectivity index (χ2n) is 4.35. The van der Waals surface area contributed by atoms with E-state index in [4.69, 9.17) is 4.74 Å². The first-order valence-corrected chi connectivity index (χ1v) is 6.99. The van der Waals surface area contributed by atoms with Crippen molar-refractivity contribution in [2.45, 2.75) is 50.8 Å². The minimum absolute atomic E-state index is 0.510. The zero-order valence-corrected chi connectivity index (χ0v) is 9.81. The van der Waals surface area contributed by atoms with Crippen LogP contribution in [-0.4, -0.2) is 36.3 Å². The van der Waals surface area contributed by atoms with Crippen molar-refractivity contribution in [2.75, 3.05) is 18.1 Å². The van der Waals surface area contributed by atoms with Crippen LogP contribution in [0.15, 0.2) is 0 Å². The van der Waals surface area contributed by atoms with Gasteiger partial charge in [0, 0.05) is 24.4 Å². The van der Waals surface area contributed by atoms with E-state index in [0.29, 0.717) is 6.10 Å². The van der Waals surface area contributed by atoms with Gasteiger partial charge in [-0.05, 0) is 31.4 Å². The van der Waals surface area contributed by atoms with Gasteiger partial charge in [-0.15, -0.1) is 0 Å². The summed E-state index contributed by atoms with van der Waals surface area (Å²) in [5.41, 5.74) is 0. The van der Waals surface area contributed by atoms with E-state index in [9.17, 15) is 0 Å². The summed E-state index contributed by atoms with van der Waals surface area (Å²) in [7, 11) is 0. The summed E-state index contributed by atoms with van der Waals surface area (Å²) in [6.07, 6.45) is 5.46. The van der Waals surface area contributed by atoms with Gasteiger partial charge in [0.25, 0.3) is 0 Å². The first kappa shape index (κ1) is 10.8. The Hall–Kier alpha value is 0.270. The summed E-state index contributed by atoms with van der Waals surface area (Å²) in [6.45, 7) is 3.18. The van der Waals surface area contributed by atoms with Crippen LogP contribution in [0.4, 0.5) is 0 Å². The Bertz CT molecular complexity index is 171. The van der Waals surface area contributed by atoms with Gasteiger partial charge in [-0.25, -0.2) is 0 Å². The molecule has 0 aromatic heterocycles. The van der Waals surface area contributed by atoms with Crippen LogP contribution in [0, 0.1) is 0 Å². The van der Waals surface area contributed by atoms with Crippen molar-refractivity contribution in [1.82, 2.24) is 5.32 Å². The molecule has 3 unspecified atom stereocenters. The van der Waals surface area contributed by atoms with Crippen molar-refractivity contribution in [1.29, 1.82) is 0 Å². The first-order valence-electron chi connectivity index (χ1n) is 5.84. The van der Waals surface area contributed by atoms with Crippen LogP contribution in [-0.2, 0) is 4.74 Å². The van der Waals surface area contributed by atoms with Crippen LogP contribution in [0.3, 0.4) is 0 Å². The predicted octanol–water partition coefficient (Wildman–Crippen LogP) is 2.04. The lowest BCUT2D eigenvalue weighted by atomic mass is 10.0. The Kier molecular flexibility index (Phi) is 4.14. The highest BCUT2D eigenvalue weighted by molar-refractivity contribution is 7.99. The fourth-order valence-corrected chi connectivity index (χ4v) is 3.48. The molecule has 2 saturated heterocycles. The first-order chi connectivity index (χ1) is 6.88. The standard InChI is InChI=1S/C11H21NOS/c1-2-11-7-9(3-5-13-11)12-10-4-6-14-8-10/h9-12H,2-8H2,1H3. The van der Waals surface area contributed by atoms with Crippen molar-refractivity contribution in [3.63, 3.8) is 0 Å². The average molecular weight is 215 g/mol. The molecule has 2 heterocycles. The molecule has 2 fully saturated rings. The normalized spacial score (nSPS) is 38.8. The fourth-order valence-electron chi connectivity index (χ4n) is 2.32. The molecule has 0 radical (unpaired) electrons. The fraction of sp³-hybridized carbons (Fsp3) is 1.00. The van der Waals surface area contributed by atoms with E-state index in [1.165, 1.54) is 30.8 Å². The zero-order chi connectivity index (χ0) is 9.80. The summed E-state index contributed by atoms with van der Waals surface area (Å²) in [5.74, 6) is 2.66. The number of rotatable bonds is 3.